The molecule has 1 aromatic rings. The van der Waals surface area contributed by atoms with E-state index in [1.165, 1.54) is 12.8 Å². The molecule has 0 unspecified atom stereocenters. The number of rotatable bonds is 7. The van der Waals surface area contributed by atoms with Crippen LogP contribution in [0.5, 0.6) is 0 Å². The van der Waals surface area contributed by atoms with Crippen LogP contribution in [0.3, 0.4) is 0 Å². The maximum atomic E-state index is 11.8. The topological polar surface area (TPSA) is 42.4 Å². The highest BCUT2D eigenvalue weighted by atomic mass is 32.1. The molecule has 106 valence electrons. The number of aryl methyl sites for hydroxylation is 1. The molecule has 4 nitrogen and oxygen atoms in total. The third-order valence-corrected chi connectivity index (χ3v) is 4.23. The molecule has 0 aliphatic heterocycles. The Bertz CT molecular complexity index is 441. The summed E-state index contributed by atoms with van der Waals surface area (Å²) in [6.07, 6.45) is 3.75. The molecule has 1 aromatic heterocycles. The predicted molar refractivity (Wildman–Crippen MR) is 78.0 cm³/mol. The van der Waals surface area contributed by atoms with Gasteiger partial charge >= 0.3 is 5.97 Å². The first-order chi connectivity index (χ1) is 9.15. The summed E-state index contributed by atoms with van der Waals surface area (Å²) in [4.78, 5) is 19.6. The van der Waals surface area contributed by atoms with Crippen LogP contribution in [0.25, 0.3) is 0 Å². The molecule has 5 heteroatoms. The Morgan fingerprint density at radius 2 is 2.21 bits per heavy atom. The molecule has 0 spiro atoms. The fraction of sp³-hybridized carbons (Fsp3) is 0.714. The number of thiazole rings is 1. The number of esters is 1. The maximum absolute atomic E-state index is 11.8. The summed E-state index contributed by atoms with van der Waals surface area (Å²) in [5.74, 6) is 0.521. The van der Waals surface area contributed by atoms with Gasteiger partial charge in [0.2, 0.25) is 0 Å². The highest BCUT2D eigenvalue weighted by Gasteiger charge is 2.26. The Morgan fingerprint density at radius 1 is 1.47 bits per heavy atom. The first-order valence-electron chi connectivity index (χ1n) is 7.05. The van der Waals surface area contributed by atoms with Gasteiger partial charge in [-0.2, -0.15) is 0 Å². The van der Waals surface area contributed by atoms with Gasteiger partial charge in [0, 0.05) is 18.0 Å². The summed E-state index contributed by atoms with van der Waals surface area (Å²) in [5.41, 5.74) is 0.485. The van der Waals surface area contributed by atoms with E-state index in [1.54, 1.807) is 11.3 Å². The minimum atomic E-state index is -0.301. The van der Waals surface area contributed by atoms with Crippen molar-refractivity contribution in [3.63, 3.8) is 0 Å². The SMILES string of the molecule is CCCN(CC1CC1)c1nc(C(=O)OCC)c(C)s1. The Hall–Kier alpha value is -1.10. The minimum absolute atomic E-state index is 0.301. The molecular weight excluding hydrogens is 260 g/mol. The van der Waals surface area contributed by atoms with E-state index in [-0.39, 0.29) is 5.97 Å². The number of carbonyl (C=O) groups is 1. The minimum Gasteiger partial charge on any atom is -0.461 e. The molecule has 2 rings (SSSR count). The molecular formula is C14H22N2O2S. The normalized spacial score (nSPS) is 14.5. The van der Waals surface area contributed by atoms with E-state index < -0.39 is 0 Å². The third-order valence-electron chi connectivity index (χ3n) is 3.19. The van der Waals surface area contributed by atoms with E-state index in [0.717, 1.165) is 35.4 Å². The first-order valence-corrected chi connectivity index (χ1v) is 7.86. The summed E-state index contributed by atoms with van der Waals surface area (Å²) < 4.78 is 5.04. The average Bonchev–Trinajstić information content (AvgIpc) is 3.10. The van der Waals surface area contributed by atoms with Gasteiger partial charge in [-0.25, -0.2) is 9.78 Å². The molecule has 19 heavy (non-hydrogen) atoms. The standard InChI is InChI=1S/C14H22N2O2S/c1-4-8-16(9-11-6-7-11)14-15-12(10(3)19-14)13(17)18-5-2/h11H,4-9H2,1-3H3. The van der Waals surface area contributed by atoms with E-state index in [1.807, 2.05) is 13.8 Å². The molecule has 1 fully saturated rings. The highest BCUT2D eigenvalue weighted by Crippen LogP contribution is 2.33. The zero-order valence-corrected chi connectivity index (χ0v) is 12.8. The molecule has 1 aliphatic rings. The van der Waals surface area contributed by atoms with Crippen molar-refractivity contribution in [2.75, 3.05) is 24.6 Å². The molecule has 0 aromatic carbocycles. The van der Waals surface area contributed by atoms with Crippen LogP contribution in [0, 0.1) is 12.8 Å². The largest absolute Gasteiger partial charge is 0.461 e. The van der Waals surface area contributed by atoms with Gasteiger partial charge in [0.15, 0.2) is 10.8 Å². The number of hydrogen-bond acceptors (Lipinski definition) is 5. The van der Waals surface area contributed by atoms with Crippen molar-refractivity contribution < 1.29 is 9.53 Å². The van der Waals surface area contributed by atoms with Crippen LogP contribution in [0.4, 0.5) is 5.13 Å². The third kappa shape index (κ3) is 3.69. The smallest absolute Gasteiger partial charge is 0.358 e. The molecule has 0 N–H and O–H groups in total. The van der Waals surface area contributed by atoms with Crippen LogP contribution in [-0.4, -0.2) is 30.6 Å². The molecule has 0 radical (unpaired) electrons. The zero-order chi connectivity index (χ0) is 13.8. The van der Waals surface area contributed by atoms with Crippen molar-refractivity contribution >= 4 is 22.4 Å². The quantitative estimate of drug-likeness (QED) is 0.720. The molecule has 0 bridgehead atoms. The summed E-state index contributed by atoms with van der Waals surface area (Å²) in [7, 11) is 0. The van der Waals surface area contributed by atoms with Crippen molar-refractivity contribution in [3.8, 4) is 0 Å². The van der Waals surface area contributed by atoms with E-state index in [9.17, 15) is 4.79 Å². The van der Waals surface area contributed by atoms with Crippen molar-refractivity contribution in [1.82, 2.24) is 4.98 Å². The number of aromatic nitrogens is 1. The Morgan fingerprint density at radius 3 is 2.79 bits per heavy atom. The van der Waals surface area contributed by atoms with Crippen molar-refractivity contribution in [2.24, 2.45) is 5.92 Å². The van der Waals surface area contributed by atoms with Crippen LogP contribution < -0.4 is 4.90 Å². The van der Waals surface area contributed by atoms with Crippen molar-refractivity contribution in [2.45, 2.75) is 40.0 Å². The molecule has 0 amide bonds. The lowest BCUT2D eigenvalue weighted by Gasteiger charge is -2.20. The van der Waals surface area contributed by atoms with Crippen LogP contribution in [0.2, 0.25) is 0 Å². The highest BCUT2D eigenvalue weighted by molar-refractivity contribution is 7.15. The van der Waals surface area contributed by atoms with Crippen LogP contribution in [-0.2, 0) is 4.74 Å². The second kappa shape index (κ2) is 6.37. The molecule has 1 saturated carbocycles. The number of nitrogens with zero attached hydrogens (tertiary/aromatic N) is 2. The van der Waals surface area contributed by atoms with Crippen LogP contribution in [0.15, 0.2) is 0 Å². The van der Waals surface area contributed by atoms with Gasteiger partial charge in [0.05, 0.1) is 6.61 Å². The molecule has 0 saturated heterocycles. The lowest BCUT2D eigenvalue weighted by Crippen LogP contribution is -2.26. The van der Waals surface area contributed by atoms with Gasteiger partial charge in [0.1, 0.15) is 0 Å². The summed E-state index contributed by atoms with van der Waals surface area (Å²) >= 11 is 1.60. The lowest BCUT2D eigenvalue weighted by atomic mass is 10.3. The van der Waals surface area contributed by atoms with Gasteiger partial charge in [-0.3, -0.25) is 0 Å². The second-order valence-electron chi connectivity index (χ2n) is 5.01. The van der Waals surface area contributed by atoms with Gasteiger partial charge in [-0.1, -0.05) is 6.92 Å². The van der Waals surface area contributed by atoms with Gasteiger partial charge in [-0.15, -0.1) is 11.3 Å². The Balaban J connectivity index is 2.13. The lowest BCUT2D eigenvalue weighted by molar-refractivity contribution is 0.0519. The molecule has 1 aliphatic carbocycles. The summed E-state index contributed by atoms with van der Waals surface area (Å²) in [6.45, 7) is 8.40. The Kier molecular flexibility index (Phi) is 4.80. The van der Waals surface area contributed by atoms with Crippen LogP contribution >= 0.6 is 11.3 Å². The van der Waals surface area contributed by atoms with Gasteiger partial charge in [-0.05, 0) is 39.0 Å². The zero-order valence-electron chi connectivity index (χ0n) is 11.9. The van der Waals surface area contributed by atoms with Gasteiger partial charge < -0.3 is 9.64 Å². The van der Waals surface area contributed by atoms with E-state index in [2.05, 4.69) is 16.8 Å². The van der Waals surface area contributed by atoms with Crippen molar-refractivity contribution in [3.05, 3.63) is 10.6 Å². The summed E-state index contributed by atoms with van der Waals surface area (Å²) in [6, 6.07) is 0. The monoisotopic (exact) mass is 282 g/mol. The Labute approximate surface area is 118 Å². The second-order valence-corrected chi connectivity index (χ2v) is 6.19. The molecule has 0 atom stereocenters. The first kappa shape index (κ1) is 14.3. The fourth-order valence-electron chi connectivity index (χ4n) is 2.05. The summed E-state index contributed by atoms with van der Waals surface area (Å²) in [5, 5.41) is 0.967. The van der Waals surface area contributed by atoms with E-state index >= 15 is 0 Å². The maximum Gasteiger partial charge on any atom is 0.358 e. The number of anilines is 1. The number of hydrogen-bond donors (Lipinski definition) is 0. The average molecular weight is 282 g/mol. The molecule has 1 heterocycles. The number of ether oxygens (including phenoxy) is 1. The fourth-order valence-corrected chi connectivity index (χ4v) is 2.98. The van der Waals surface area contributed by atoms with Gasteiger partial charge in [0.25, 0.3) is 0 Å². The van der Waals surface area contributed by atoms with Crippen molar-refractivity contribution in [1.29, 1.82) is 0 Å². The van der Waals surface area contributed by atoms with E-state index in [4.69, 9.17) is 4.74 Å². The predicted octanol–water partition coefficient (Wildman–Crippen LogP) is 3.25. The van der Waals surface area contributed by atoms with Crippen LogP contribution in [0.1, 0.15) is 48.5 Å². The van der Waals surface area contributed by atoms with E-state index in [0.29, 0.717) is 12.3 Å². The number of carbonyl (C=O) groups excluding carboxylic acids is 1.